The smallest absolute Gasteiger partial charge is 0.416 e. The van der Waals surface area contributed by atoms with E-state index in [-0.39, 0.29) is 12.1 Å². The molecule has 6 heteroatoms. The number of ketones is 1. The Labute approximate surface area is 89.9 Å². The predicted molar refractivity (Wildman–Crippen MR) is 51.4 cm³/mol. The summed E-state index contributed by atoms with van der Waals surface area (Å²) in [5.41, 5.74) is -1.28. The number of halogens is 3. The van der Waals surface area contributed by atoms with E-state index in [4.69, 9.17) is 0 Å². The molecule has 0 radical (unpaired) electrons. The van der Waals surface area contributed by atoms with Gasteiger partial charge in [0.1, 0.15) is 5.75 Å². The summed E-state index contributed by atoms with van der Waals surface area (Å²) in [5.74, 6) is -1.04. The van der Waals surface area contributed by atoms with Gasteiger partial charge in [-0.05, 0) is 25.2 Å². The van der Waals surface area contributed by atoms with Crippen molar-refractivity contribution in [3.63, 3.8) is 0 Å². The maximum atomic E-state index is 12.3. The van der Waals surface area contributed by atoms with Crippen LogP contribution in [0.25, 0.3) is 0 Å². The van der Waals surface area contributed by atoms with E-state index < -0.39 is 23.3 Å². The number of alkyl halides is 3. The fraction of sp³-hybridized carbons (Fsp3) is 0.300. The Morgan fingerprint density at radius 2 is 2.06 bits per heavy atom. The van der Waals surface area contributed by atoms with Crippen molar-refractivity contribution >= 4 is 5.78 Å². The summed E-state index contributed by atoms with van der Waals surface area (Å²) in [5, 5.41) is 11.8. The van der Waals surface area contributed by atoms with Crippen molar-refractivity contribution in [1.82, 2.24) is 5.32 Å². The maximum absolute atomic E-state index is 12.3. The Morgan fingerprint density at radius 3 is 2.56 bits per heavy atom. The Morgan fingerprint density at radius 1 is 1.44 bits per heavy atom. The molecule has 0 spiro atoms. The van der Waals surface area contributed by atoms with Gasteiger partial charge in [0.05, 0.1) is 17.7 Å². The Kier molecular flexibility index (Phi) is 3.54. The molecule has 1 rings (SSSR count). The number of hydrogen-bond acceptors (Lipinski definition) is 3. The van der Waals surface area contributed by atoms with Crippen LogP contribution < -0.4 is 5.32 Å². The number of phenols is 1. The summed E-state index contributed by atoms with van der Waals surface area (Å²) < 4.78 is 37.0. The highest BCUT2D eigenvalue weighted by Gasteiger charge is 2.31. The van der Waals surface area contributed by atoms with Crippen LogP contribution in [0.2, 0.25) is 0 Å². The number of aromatic hydroxyl groups is 1. The fourth-order valence-electron chi connectivity index (χ4n) is 1.19. The predicted octanol–water partition coefficient (Wildman–Crippen LogP) is 1.81. The Balaban J connectivity index is 3.14. The molecule has 0 heterocycles. The fourth-order valence-corrected chi connectivity index (χ4v) is 1.19. The number of likely N-dealkylation sites (N-methyl/N-ethyl adjacent to an activating group) is 1. The van der Waals surface area contributed by atoms with E-state index in [2.05, 4.69) is 5.32 Å². The number of rotatable bonds is 3. The first-order valence-electron chi connectivity index (χ1n) is 4.44. The number of benzene rings is 1. The second-order valence-electron chi connectivity index (χ2n) is 3.18. The van der Waals surface area contributed by atoms with Gasteiger partial charge in [0, 0.05) is 0 Å². The third kappa shape index (κ3) is 2.73. The summed E-state index contributed by atoms with van der Waals surface area (Å²) in [6.45, 7) is -0.130. The highest BCUT2D eigenvalue weighted by molar-refractivity contribution is 6.00. The lowest BCUT2D eigenvalue weighted by molar-refractivity contribution is -0.137. The van der Waals surface area contributed by atoms with Crippen LogP contribution in [-0.4, -0.2) is 24.5 Å². The average molecular weight is 233 g/mol. The van der Waals surface area contributed by atoms with Crippen LogP contribution in [0, 0.1) is 0 Å². The molecular formula is C10H10F3NO2. The molecule has 1 aromatic carbocycles. The molecule has 88 valence electrons. The standard InChI is InChI=1S/C10H10F3NO2/c1-14-5-9(16)7-4-6(10(11,12)13)2-3-8(7)15/h2-4,14-15H,5H2,1H3. The zero-order chi connectivity index (χ0) is 12.3. The Bertz CT molecular complexity index is 402. The minimum Gasteiger partial charge on any atom is -0.507 e. The van der Waals surface area contributed by atoms with Gasteiger partial charge < -0.3 is 10.4 Å². The van der Waals surface area contributed by atoms with Gasteiger partial charge >= 0.3 is 6.18 Å². The first-order valence-corrected chi connectivity index (χ1v) is 4.44. The number of carbonyl (C=O) groups excluding carboxylic acids is 1. The molecule has 0 unspecified atom stereocenters. The zero-order valence-electron chi connectivity index (χ0n) is 8.43. The molecule has 0 atom stereocenters. The van der Waals surface area contributed by atoms with Crippen molar-refractivity contribution in [1.29, 1.82) is 0 Å². The second-order valence-corrected chi connectivity index (χ2v) is 3.18. The molecule has 0 amide bonds. The number of phenolic OH excluding ortho intramolecular Hbond substituents is 1. The SMILES string of the molecule is CNCC(=O)c1cc(C(F)(F)F)ccc1O. The molecule has 2 N–H and O–H groups in total. The van der Waals surface area contributed by atoms with Gasteiger partial charge in [-0.25, -0.2) is 0 Å². The summed E-state index contributed by atoms with van der Waals surface area (Å²) in [7, 11) is 1.49. The van der Waals surface area contributed by atoms with Gasteiger partial charge in [0.2, 0.25) is 0 Å². The van der Waals surface area contributed by atoms with E-state index in [0.717, 1.165) is 12.1 Å². The maximum Gasteiger partial charge on any atom is 0.416 e. The average Bonchev–Trinajstić information content (AvgIpc) is 2.16. The first-order chi connectivity index (χ1) is 7.36. The van der Waals surface area contributed by atoms with Crippen molar-refractivity contribution in [2.45, 2.75) is 6.18 Å². The molecule has 0 saturated carbocycles. The van der Waals surface area contributed by atoms with Crippen molar-refractivity contribution in [2.75, 3.05) is 13.6 Å². The molecular weight excluding hydrogens is 223 g/mol. The van der Waals surface area contributed by atoms with Gasteiger partial charge in [0.25, 0.3) is 0 Å². The number of hydrogen-bond donors (Lipinski definition) is 2. The normalized spacial score (nSPS) is 11.5. The molecule has 0 fully saturated rings. The van der Waals surface area contributed by atoms with Crippen molar-refractivity contribution in [2.24, 2.45) is 0 Å². The highest BCUT2D eigenvalue weighted by atomic mass is 19.4. The van der Waals surface area contributed by atoms with Crippen LogP contribution >= 0.6 is 0 Å². The molecule has 0 aliphatic rings. The number of nitrogens with one attached hydrogen (secondary N) is 1. The Hall–Kier alpha value is -1.56. The van der Waals surface area contributed by atoms with Gasteiger partial charge in [-0.3, -0.25) is 4.79 Å². The summed E-state index contributed by atoms with van der Waals surface area (Å²) in [6.07, 6.45) is -4.53. The summed E-state index contributed by atoms with van der Waals surface area (Å²) in [4.78, 5) is 11.4. The summed E-state index contributed by atoms with van der Waals surface area (Å²) in [6, 6.07) is 2.24. The van der Waals surface area contributed by atoms with E-state index in [1.54, 1.807) is 0 Å². The number of Topliss-reactive ketones (excluding diaryl/α,β-unsaturated/α-hetero) is 1. The highest BCUT2D eigenvalue weighted by Crippen LogP contribution is 2.32. The molecule has 0 aliphatic heterocycles. The van der Waals surface area contributed by atoms with Crippen LogP contribution in [0.5, 0.6) is 5.75 Å². The largest absolute Gasteiger partial charge is 0.507 e. The van der Waals surface area contributed by atoms with Gasteiger partial charge in [-0.15, -0.1) is 0 Å². The van der Waals surface area contributed by atoms with Gasteiger partial charge in [0.15, 0.2) is 5.78 Å². The third-order valence-electron chi connectivity index (χ3n) is 1.96. The van der Waals surface area contributed by atoms with Crippen LogP contribution in [0.1, 0.15) is 15.9 Å². The van der Waals surface area contributed by atoms with E-state index in [1.165, 1.54) is 7.05 Å². The lowest BCUT2D eigenvalue weighted by Crippen LogP contribution is -2.19. The lowest BCUT2D eigenvalue weighted by atomic mass is 10.1. The van der Waals surface area contributed by atoms with Crippen molar-refractivity contribution in [3.05, 3.63) is 29.3 Å². The van der Waals surface area contributed by atoms with E-state index in [9.17, 15) is 23.1 Å². The topological polar surface area (TPSA) is 49.3 Å². The molecule has 0 bridgehead atoms. The number of carbonyl (C=O) groups is 1. The summed E-state index contributed by atoms with van der Waals surface area (Å²) >= 11 is 0. The molecule has 0 aromatic heterocycles. The van der Waals surface area contributed by atoms with Crippen LogP contribution in [0.15, 0.2) is 18.2 Å². The minimum atomic E-state index is -4.53. The van der Waals surface area contributed by atoms with Gasteiger partial charge in [-0.1, -0.05) is 0 Å². The van der Waals surface area contributed by atoms with E-state index in [0.29, 0.717) is 6.07 Å². The molecule has 16 heavy (non-hydrogen) atoms. The quantitative estimate of drug-likeness (QED) is 0.783. The van der Waals surface area contributed by atoms with Crippen LogP contribution in [0.4, 0.5) is 13.2 Å². The van der Waals surface area contributed by atoms with Crippen LogP contribution in [0.3, 0.4) is 0 Å². The van der Waals surface area contributed by atoms with E-state index >= 15 is 0 Å². The van der Waals surface area contributed by atoms with Crippen LogP contribution in [-0.2, 0) is 6.18 Å². The molecule has 1 aromatic rings. The minimum absolute atomic E-state index is 0.130. The molecule has 0 aliphatic carbocycles. The van der Waals surface area contributed by atoms with E-state index in [1.807, 2.05) is 0 Å². The lowest BCUT2D eigenvalue weighted by Gasteiger charge is -2.09. The first kappa shape index (κ1) is 12.5. The molecule has 3 nitrogen and oxygen atoms in total. The van der Waals surface area contributed by atoms with Crippen molar-refractivity contribution < 1.29 is 23.1 Å². The third-order valence-corrected chi connectivity index (χ3v) is 1.96. The second kappa shape index (κ2) is 4.52. The van der Waals surface area contributed by atoms with Crippen molar-refractivity contribution in [3.8, 4) is 5.75 Å². The zero-order valence-corrected chi connectivity index (χ0v) is 8.43. The van der Waals surface area contributed by atoms with Gasteiger partial charge in [-0.2, -0.15) is 13.2 Å². The monoisotopic (exact) mass is 233 g/mol. The molecule has 0 saturated heterocycles.